The molecule has 11 heteroatoms. The SMILES string of the molecule is CC(C)C1CCCN1c1ncc(-c2ccc(C(=O)NS(C)(=O)=O)cc2OC(F)F)cc1Cl. The van der Waals surface area contributed by atoms with Gasteiger partial charge >= 0.3 is 6.61 Å². The first-order valence-corrected chi connectivity index (χ1v) is 12.3. The summed E-state index contributed by atoms with van der Waals surface area (Å²) in [6.07, 6.45) is 4.41. The maximum absolute atomic E-state index is 13.0. The topological polar surface area (TPSA) is 88.6 Å². The molecule has 0 spiro atoms. The van der Waals surface area contributed by atoms with Gasteiger partial charge in [-0.05, 0) is 43.0 Å². The summed E-state index contributed by atoms with van der Waals surface area (Å²) in [5, 5.41) is 0.372. The number of carbonyl (C=O) groups is 1. The van der Waals surface area contributed by atoms with E-state index in [2.05, 4.69) is 28.5 Å². The molecule has 1 saturated heterocycles. The number of carbonyl (C=O) groups excluding carboxylic acids is 1. The van der Waals surface area contributed by atoms with Crippen LogP contribution in [0.4, 0.5) is 14.6 Å². The highest BCUT2D eigenvalue weighted by Crippen LogP contribution is 2.38. The third-order valence-electron chi connectivity index (χ3n) is 5.21. The van der Waals surface area contributed by atoms with Crippen molar-refractivity contribution in [3.8, 4) is 16.9 Å². The maximum atomic E-state index is 13.0. The monoisotopic (exact) mass is 487 g/mol. The molecule has 174 valence electrons. The molecule has 0 saturated carbocycles. The van der Waals surface area contributed by atoms with Crippen molar-refractivity contribution in [2.75, 3.05) is 17.7 Å². The molecule has 32 heavy (non-hydrogen) atoms. The second kappa shape index (κ2) is 9.58. The minimum atomic E-state index is -3.82. The number of rotatable bonds is 7. The van der Waals surface area contributed by atoms with Crippen LogP contribution >= 0.6 is 11.6 Å². The largest absolute Gasteiger partial charge is 0.434 e. The molecule has 1 aliphatic rings. The molecule has 2 heterocycles. The van der Waals surface area contributed by atoms with Crippen molar-refractivity contribution in [3.63, 3.8) is 0 Å². The van der Waals surface area contributed by atoms with Gasteiger partial charge in [0, 0.05) is 35.5 Å². The zero-order valence-electron chi connectivity index (χ0n) is 17.8. The van der Waals surface area contributed by atoms with Crippen molar-refractivity contribution in [1.29, 1.82) is 0 Å². The Labute approximate surface area is 190 Å². The Morgan fingerprint density at radius 1 is 1.31 bits per heavy atom. The Bertz CT molecular complexity index is 1110. The first kappa shape index (κ1) is 24.2. The van der Waals surface area contributed by atoms with E-state index in [1.54, 1.807) is 10.8 Å². The zero-order valence-corrected chi connectivity index (χ0v) is 19.4. The van der Waals surface area contributed by atoms with Gasteiger partial charge < -0.3 is 9.64 Å². The number of aromatic nitrogens is 1. The molecule has 1 unspecified atom stereocenters. The predicted octanol–water partition coefficient (Wildman–Crippen LogP) is 4.32. The van der Waals surface area contributed by atoms with Crippen LogP contribution in [0.15, 0.2) is 30.5 Å². The molecule has 1 amide bonds. The van der Waals surface area contributed by atoms with Gasteiger partial charge in [0.1, 0.15) is 11.6 Å². The van der Waals surface area contributed by atoms with Crippen LogP contribution in [-0.4, -0.2) is 44.8 Å². The van der Waals surface area contributed by atoms with Crippen LogP contribution in [-0.2, 0) is 10.0 Å². The maximum Gasteiger partial charge on any atom is 0.387 e. The molecule has 1 aromatic carbocycles. The molecule has 0 aliphatic carbocycles. The van der Waals surface area contributed by atoms with Gasteiger partial charge in [0.15, 0.2) is 0 Å². The molecule has 1 fully saturated rings. The molecular weight excluding hydrogens is 464 g/mol. The number of nitrogens with zero attached hydrogens (tertiary/aromatic N) is 2. The molecular formula is C21H24ClF2N3O4S. The van der Waals surface area contributed by atoms with Crippen LogP contribution in [0.25, 0.3) is 11.1 Å². The fourth-order valence-electron chi connectivity index (χ4n) is 3.86. The van der Waals surface area contributed by atoms with E-state index in [0.717, 1.165) is 31.7 Å². The van der Waals surface area contributed by atoms with Gasteiger partial charge in [-0.3, -0.25) is 4.79 Å². The highest BCUT2D eigenvalue weighted by molar-refractivity contribution is 7.89. The standard InChI is InChI=1S/C21H24ClF2N3O4S/c1-12(2)17-5-4-8-27(17)19-16(22)9-14(11-25-19)15-7-6-13(10-18(15)31-21(23)24)20(28)26-32(3,29)30/h6-7,9-12,17,21H,4-5,8H2,1-3H3,(H,26,28). The smallest absolute Gasteiger partial charge is 0.387 e. The summed E-state index contributed by atoms with van der Waals surface area (Å²) in [7, 11) is -3.82. The van der Waals surface area contributed by atoms with Crippen LogP contribution in [0.2, 0.25) is 5.02 Å². The average molecular weight is 488 g/mol. The molecule has 1 aliphatic heterocycles. The van der Waals surface area contributed by atoms with Crippen LogP contribution < -0.4 is 14.4 Å². The second-order valence-corrected chi connectivity index (χ2v) is 10.1. The lowest BCUT2D eigenvalue weighted by Gasteiger charge is -2.29. The quantitative estimate of drug-likeness (QED) is 0.625. The lowest BCUT2D eigenvalue weighted by Crippen LogP contribution is -2.34. The van der Waals surface area contributed by atoms with E-state index in [1.807, 2.05) is 0 Å². The number of sulfonamides is 1. The van der Waals surface area contributed by atoms with Crippen LogP contribution in [0, 0.1) is 5.92 Å². The first-order valence-electron chi connectivity index (χ1n) is 10.00. The molecule has 0 radical (unpaired) electrons. The summed E-state index contributed by atoms with van der Waals surface area (Å²) in [6, 6.07) is 5.68. The van der Waals surface area contributed by atoms with E-state index in [1.165, 1.54) is 18.3 Å². The summed E-state index contributed by atoms with van der Waals surface area (Å²) in [5.74, 6) is -0.203. The number of benzene rings is 1. The molecule has 1 aromatic heterocycles. The number of alkyl halides is 2. The van der Waals surface area contributed by atoms with E-state index >= 15 is 0 Å². The second-order valence-electron chi connectivity index (χ2n) is 7.97. The first-order chi connectivity index (χ1) is 15.0. The van der Waals surface area contributed by atoms with E-state index in [-0.39, 0.29) is 16.9 Å². The number of hydrogen-bond donors (Lipinski definition) is 1. The van der Waals surface area contributed by atoms with Gasteiger partial charge in [0.05, 0.1) is 11.3 Å². The van der Waals surface area contributed by atoms with Crippen LogP contribution in [0.3, 0.4) is 0 Å². The van der Waals surface area contributed by atoms with Crippen molar-refractivity contribution in [2.45, 2.75) is 39.3 Å². The number of pyridine rings is 1. The summed E-state index contributed by atoms with van der Waals surface area (Å²) >= 11 is 6.52. The van der Waals surface area contributed by atoms with E-state index in [9.17, 15) is 22.0 Å². The fraction of sp³-hybridized carbons (Fsp3) is 0.429. The van der Waals surface area contributed by atoms with Crippen molar-refractivity contribution in [2.24, 2.45) is 5.92 Å². The zero-order chi connectivity index (χ0) is 23.6. The van der Waals surface area contributed by atoms with Gasteiger partial charge in [-0.2, -0.15) is 8.78 Å². The Morgan fingerprint density at radius 3 is 2.62 bits per heavy atom. The molecule has 1 N–H and O–H groups in total. The van der Waals surface area contributed by atoms with Crippen molar-refractivity contribution >= 4 is 33.3 Å². The lowest BCUT2D eigenvalue weighted by molar-refractivity contribution is -0.0495. The Morgan fingerprint density at radius 2 is 2.03 bits per heavy atom. The van der Waals surface area contributed by atoms with E-state index in [0.29, 0.717) is 28.4 Å². The Kier molecular flexibility index (Phi) is 7.24. The Balaban J connectivity index is 1.97. The minimum Gasteiger partial charge on any atom is -0.434 e. The van der Waals surface area contributed by atoms with Crippen LogP contribution in [0.1, 0.15) is 37.0 Å². The number of anilines is 1. The average Bonchev–Trinajstić information content (AvgIpc) is 3.16. The fourth-order valence-corrected chi connectivity index (χ4v) is 4.59. The normalized spacial score (nSPS) is 16.6. The van der Waals surface area contributed by atoms with E-state index < -0.39 is 22.5 Å². The number of nitrogens with one attached hydrogen (secondary N) is 1. The Hall–Kier alpha value is -2.46. The summed E-state index contributed by atoms with van der Waals surface area (Å²) in [5.41, 5.74) is 0.510. The van der Waals surface area contributed by atoms with Crippen LogP contribution in [0.5, 0.6) is 5.75 Å². The third-order valence-corrected chi connectivity index (χ3v) is 6.05. The van der Waals surface area contributed by atoms with Crippen molar-refractivity contribution < 1.29 is 26.7 Å². The molecule has 1 atom stereocenters. The van der Waals surface area contributed by atoms with E-state index in [4.69, 9.17) is 11.6 Å². The lowest BCUT2D eigenvalue weighted by atomic mass is 10.0. The summed E-state index contributed by atoms with van der Waals surface area (Å²) in [4.78, 5) is 18.8. The van der Waals surface area contributed by atoms with Crippen molar-refractivity contribution in [1.82, 2.24) is 9.71 Å². The summed E-state index contributed by atoms with van der Waals surface area (Å²) in [6.45, 7) is 1.96. The number of hydrogen-bond acceptors (Lipinski definition) is 6. The molecule has 3 rings (SSSR count). The van der Waals surface area contributed by atoms with Gasteiger partial charge in [0.2, 0.25) is 10.0 Å². The van der Waals surface area contributed by atoms with Crippen molar-refractivity contribution in [3.05, 3.63) is 41.0 Å². The molecule has 0 bridgehead atoms. The van der Waals surface area contributed by atoms with Gasteiger partial charge in [0.25, 0.3) is 5.91 Å². The summed E-state index contributed by atoms with van der Waals surface area (Å²) < 4.78 is 55.0. The third kappa shape index (κ3) is 5.66. The number of ether oxygens (including phenoxy) is 1. The molecule has 2 aromatic rings. The predicted molar refractivity (Wildman–Crippen MR) is 119 cm³/mol. The highest BCUT2D eigenvalue weighted by Gasteiger charge is 2.29. The highest BCUT2D eigenvalue weighted by atomic mass is 35.5. The minimum absolute atomic E-state index is 0.151. The number of halogens is 3. The van der Waals surface area contributed by atoms with Gasteiger partial charge in [-0.15, -0.1) is 0 Å². The molecule has 7 nitrogen and oxygen atoms in total. The number of amides is 1. The van der Waals surface area contributed by atoms with Gasteiger partial charge in [-0.25, -0.2) is 18.1 Å². The van der Waals surface area contributed by atoms with Gasteiger partial charge in [-0.1, -0.05) is 25.4 Å².